The first-order valence-electron chi connectivity index (χ1n) is 8.50. The first kappa shape index (κ1) is 20.2. The summed E-state index contributed by atoms with van der Waals surface area (Å²) in [6.45, 7) is 0.0239. The second-order valence-electron chi connectivity index (χ2n) is 5.86. The Morgan fingerprint density at radius 2 is 1.90 bits per heavy atom. The molecule has 0 unspecified atom stereocenters. The maximum atomic E-state index is 12.3. The second kappa shape index (κ2) is 9.07. The van der Waals surface area contributed by atoms with Crippen LogP contribution in [-0.4, -0.2) is 31.2 Å². The van der Waals surface area contributed by atoms with Crippen molar-refractivity contribution in [3.63, 3.8) is 0 Å². The minimum atomic E-state index is -0.708. The number of aromatic nitrogens is 1. The standard InChI is InChI=1S/C20H19N3O5S/c1-26-16-7-6-12(9-17(16)27-2)18-22-15(11-29-18)10-28-19(24)13-4-3-5-14(8-13)23-20(21)25/h3-9,11H,10H2,1-2H3,(H3,21,23,25). The molecule has 29 heavy (non-hydrogen) atoms. The van der Waals surface area contributed by atoms with Crippen LogP contribution < -0.4 is 20.5 Å². The van der Waals surface area contributed by atoms with E-state index in [0.717, 1.165) is 10.6 Å². The number of benzene rings is 2. The minimum absolute atomic E-state index is 0.0239. The van der Waals surface area contributed by atoms with Crippen LogP contribution in [0.5, 0.6) is 11.5 Å². The molecule has 150 valence electrons. The van der Waals surface area contributed by atoms with Crippen LogP contribution in [-0.2, 0) is 11.3 Å². The van der Waals surface area contributed by atoms with Crippen molar-refractivity contribution in [2.75, 3.05) is 19.5 Å². The van der Waals surface area contributed by atoms with E-state index in [9.17, 15) is 9.59 Å². The molecule has 2 amide bonds. The molecular formula is C20H19N3O5S. The van der Waals surface area contributed by atoms with E-state index in [2.05, 4.69) is 10.3 Å². The Hall–Kier alpha value is -3.59. The van der Waals surface area contributed by atoms with Crippen molar-refractivity contribution in [3.05, 3.63) is 59.1 Å². The largest absolute Gasteiger partial charge is 0.493 e. The summed E-state index contributed by atoms with van der Waals surface area (Å²) in [5.41, 5.74) is 7.29. The van der Waals surface area contributed by atoms with Gasteiger partial charge in [-0.1, -0.05) is 6.07 Å². The Morgan fingerprint density at radius 3 is 2.62 bits per heavy atom. The fraction of sp³-hybridized carbons (Fsp3) is 0.150. The molecule has 0 bridgehead atoms. The van der Waals surface area contributed by atoms with Crippen molar-refractivity contribution < 1.29 is 23.8 Å². The first-order valence-corrected chi connectivity index (χ1v) is 9.38. The molecule has 0 radical (unpaired) electrons. The van der Waals surface area contributed by atoms with Crippen LogP contribution in [0.15, 0.2) is 47.8 Å². The Morgan fingerprint density at radius 1 is 1.10 bits per heavy atom. The SMILES string of the molecule is COc1ccc(-c2nc(COC(=O)c3cccc(NC(N)=O)c3)cs2)cc1OC. The smallest absolute Gasteiger partial charge is 0.338 e. The van der Waals surface area contributed by atoms with Crippen LogP contribution in [0.25, 0.3) is 10.6 Å². The van der Waals surface area contributed by atoms with Crippen molar-refractivity contribution >= 4 is 29.0 Å². The van der Waals surface area contributed by atoms with Crippen LogP contribution in [0, 0.1) is 0 Å². The van der Waals surface area contributed by atoms with Gasteiger partial charge in [0.15, 0.2) is 11.5 Å². The molecule has 0 fully saturated rings. The fourth-order valence-corrected chi connectivity index (χ4v) is 3.37. The number of urea groups is 1. The van der Waals surface area contributed by atoms with Gasteiger partial charge in [0.2, 0.25) is 0 Å². The number of hydrogen-bond acceptors (Lipinski definition) is 7. The highest BCUT2D eigenvalue weighted by Gasteiger charge is 2.12. The number of carbonyl (C=O) groups excluding carboxylic acids is 2. The molecule has 3 rings (SSSR count). The van der Waals surface area contributed by atoms with Gasteiger partial charge < -0.3 is 25.3 Å². The topological polar surface area (TPSA) is 113 Å². The van der Waals surface area contributed by atoms with Gasteiger partial charge >= 0.3 is 12.0 Å². The van der Waals surface area contributed by atoms with E-state index in [1.165, 1.54) is 17.4 Å². The normalized spacial score (nSPS) is 10.3. The zero-order valence-electron chi connectivity index (χ0n) is 15.8. The van der Waals surface area contributed by atoms with Crippen molar-refractivity contribution in [1.29, 1.82) is 0 Å². The monoisotopic (exact) mass is 413 g/mol. The molecule has 3 aromatic rings. The van der Waals surface area contributed by atoms with E-state index >= 15 is 0 Å². The van der Waals surface area contributed by atoms with Gasteiger partial charge in [-0.05, 0) is 36.4 Å². The number of thiazole rings is 1. The Kier molecular flexibility index (Phi) is 6.30. The Balaban J connectivity index is 1.66. The number of hydrogen-bond donors (Lipinski definition) is 2. The van der Waals surface area contributed by atoms with Crippen LogP contribution in [0.1, 0.15) is 16.1 Å². The predicted octanol–water partition coefficient (Wildman–Crippen LogP) is 3.67. The number of rotatable bonds is 7. The number of nitrogens with zero attached hydrogens (tertiary/aromatic N) is 1. The molecule has 1 aromatic heterocycles. The molecule has 0 saturated heterocycles. The number of anilines is 1. The molecule has 2 aromatic carbocycles. The van der Waals surface area contributed by atoms with Crippen molar-refractivity contribution in [3.8, 4) is 22.1 Å². The number of carbonyl (C=O) groups is 2. The van der Waals surface area contributed by atoms with Crippen LogP contribution in [0.4, 0.5) is 10.5 Å². The van der Waals surface area contributed by atoms with Gasteiger partial charge in [0, 0.05) is 16.6 Å². The first-order chi connectivity index (χ1) is 14.0. The van der Waals surface area contributed by atoms with Gasteiger partial charge in [-0.25, -0.2) is 14.6 Å². The summed E-state index contributed by atoms with van der Waals surface area (Å²) < 4.78 is 15.9. The lowest BCUT2D eigenvalue weighted by Gasteiger charge is -2.08. The highest BCUT2D eigenvalue weighted by molar-refractivity contribution is 7.13. The van der Waals surface area contributed by atoms with Crippen molar-refractivity contribution in [1.82, 2.24) is 4.98 Å². The van der Waals surface area contributed by atoms with Crippen LogP contribution in [0.2, 0.25) is 0 Å². The summed E-state index contributed by atoms with van der Waals surface area (Å²) in [6.07, 6.45) is 0. The predicted molar refractivity (Wildman–Crippen MR) is 109 cm³/mol. The summed E-state index contributed by atoms with van der Waals surface area (Å²) >= 11 is 1.43. The number of methoxy groups -OCH3 is 2. The minimum Gasteiger partial charge on any atom is -0.493 e. The summed E-state index contributed by atoms with van der Waals surface area (Å²) in [7, 11) is 3.15. The number of primary amides is 1. The molecule has 0 atom stereocenters. The van der Waals surface area contributed by atoms with Gasteiger partial charge in [-0.15, -0.1) is 11.3 Å². The fourth-order valence-electron chi connectivity index (χ4n) is 2.56. The third kappa shape index (κ3) is 5.02. The summed E-state index contributed by atoms with van der Waals surface area (Å²) in [5, 5.41) is 5.01. The van der Waals surface area contributed by atoms with E-state index in [1.807, 2.05) is 23.6 Å². The molecule has 0 spiro atoms. The lowest BCUT2D eigenvalue weighted by atomic mass is 10.2. The molecule has 0 aliphatic rings. The molecular weight excluding hydrogens is 394 g/mol. The Labute approximate surface area is 171 Å². The lowest BCUT2D eigenvalue weighted by molar-refractivity contribution is 0.0468. The number of ether oxygens (including phenoxy) is 3. The average molecular weight is 413 g/mol. The van der Waals surface area contributed by atoms with Crippen molar-refractivity contribution in [2.45, 2.75) is 6.61 Å². The van der Waals surface area contributed by atoms with Crippen molar-refractivity contribution in [2.24, 2.45) is 5.73 Å². The zero-order valence-corrected chi connectivity index (χ0v) is 16.6. The molecule has 0 aliphatic carbocycles. The summed E-state index contributed by atoms with van der Waals surface area (Å²) in [4.78, 5) is 27.7. The van der Waals surface area contributed by atoms with Gasteiger partial charge in [0.1, 0.15) is 11.6 Å². The van der Waals surface area contributed by atoms with E-state index < -0.39 is 12.0 Å². The molecule has 1 heterocycles. The Bertz CT molecular complexity index is 1030. The zero-order chi connectivity index (χ0) is 20.8. The number of nitrogens with two attached hydrogens (primary N) is 1. The number of amides is 2. The third-order valence-corrected chi connectivity index (χ3v) is 4.84. The van der Waals surface area contributed by atoms with Crippen LogP contribution >= 0.6 is 11.3 Å². The highest BCUT2D eigenvalue weighted by Crippen LogP contribution is 2.33. The summed E-state index contributed by atoms with van der Waals surface area (Å²) in [6, 6.07) is 11.1. The molecule has 0 saturated carbocycles. The lowest BCUT2D eigenvalue weighted by Crippen LogP contribution is -2.19. The maximum absolute atomic E-state index is 12.3. The van der Waals surface area contributed by atoms with E-state index in [-0.39, 0.29) is 6.61 Å². The average Bonchev–Trinajstić information content (AvgIpc) is 3.20. The maximum Gasteiger partial charge on any atom is 0.338 e. The highest BCUT2D eigenvalue weighted by atomic mass is 32.1. The number of esters is 1. The molecule has 3 N–H and O–H groups in total. The third-order valence-electron chi connectivity index (χ3n) is 3.90. The van der Waals surface area contributed by atoms with Gasteiger partial charge in [0.05, 0.1) is 25.5 Å². The quantitative estimate of drug-likeness (QED) is 0.572. The van der Waals surface area contributed by atoms with E-state index in [0.29, 0.717) is 28.4 Å². The number of nitrogens with one attached hydrogen (secondary N) is 1. The van der Waals surface area contributed by atoms with E-state index in [1.54, 1.807) is 32.4 Å². The van der Waals surface area contributed by atoms with Gasteiger partial charge in [-0.2, -0.15) is 0 Å². The molecule has 9 heteroatoms. The van der Waals surface area contributed by atoms with Crippen LogP contribution in [0.3, 0.4) is 0 Å². The second-order valence-corrected chi connectivity index (χ2v) is 6.72. The molecule has 0 aliphatic heterocycles. The van der Waals surface area contributed by atoms with Gasteiger partial charge in [-0.3, -0.25) is 0 Å². The van der Waals surface area contributed by atoms with Gasteiger partial charge in [0.25, 0.3) is 0 Å². The molecule has 8 nitrogen and oxygen atoms in total. The van der Waals surface area contributed by atoms with E-state index in [4.69, 9.17) is 19.9 Å². The summed E-state index contributed by atoms with van der Waals surface area (Å²) in [5.74, 6) is 0.714.